The molecule has 11 rings (SSSR count). The summed E-state index contributed by atoms with van der Waals surface area (Å²) < 4.78 is 9.90. The number of hydrogen-bond donors (Lipinski definition) is 0. The average molecular weight is 695 g/mol. The van der Waals surface area contributed by atoms with Gasteiger partial charge >= 0.3 is 0 Å². The van der Waals surface area contributed by atoms with Gasteiger partial charge in [0.15, 0.2) is 0 Å². The molecule has 0 bridgehead atoms. The van der Waals surface area contributed by atoms with Crippen molar-refractivity contribution in [1.82, 2.24) is 0 Å². The third-order valence-corrected chi connectivity index (χ3v) is 12.8. The second-order valence-electron chi connectivity index (χ2n) is 14.5. The summed E-state index contributed by atoms with van der Waals surface area (Å²) in [7, 11) is 0. The minimum atomic E-state index is -0.361. The molecule has 0 saturated heterocycles. The minimum absolute atomic E-state index is 0.0364. The highest BCUT2D eigenvalue weighted by atomic mass is 32.1. The number of para-hydroxylation sites is 2. The van der Waals surface area contributed by atoms with Gasteiger partial charge in [0.05, 0.1) is 0 Å². The first-order chi connectivity index (χ1) is 26.2. The maximum Gasteiger partial charge on any atom is 0.139 e. The molecule has 0 fully saturated rings. The van der Waals surface area contributed by atoms with Crippen molar-refractivity contribution in [3.05, 3.63) is 215 Å². The fourth-order valence-corrected chi connectivity index (χ4v) is 10.3. The number of rotatable bonds is 5. The molecule has 10 aromatic rings. The second-order valence-corrected chi connectivity index (χ2v) is 15.6. The number of fused-ring (bicyclic) bond motifs is 9. The normalized spacial score (nSPS) is 13.8. The van der Waals surface area contributed by atoms with Gasteiger partial charge in [-0.2, -0.15) is 0 Å². The van der Waals surface area contributed by atoms with Crippen LogP contribution in [0.25, 0.3) is 64.4 Å². The zero-order valence-electron chi connectivity index (χ0n) is 29.2. The summed E-state index contributed by atoms with van der Waals surface area (Å²) in [4.78, 5) is 0. The van der Waals surface area contributed by atoms with E-state index < -0.39 is 0 Å². The van der Waals surface area contributed by atoms with E-state index in [9.17, 15) is 0 Å². The van der Waals surface area contributed by atoms with E-state index in [0.29, 0.717) is 0 Å². The third-order valence-electron chi connectivity index (χ3n) is 11.7. The van der Waals surface area contributed by atoms with E-state index in [1.54, 1.807) is 0 Å². The first-order valence-electron chi connectivity index (χ1n) is 18.4. The highest BCUT2D eigenvalue weighted by Gasteiger charge is 2.42. The Labute approximate surface area is 312 Å². The number of benzene rings is 8. The van der Waals surface area contributed by atoms with Crippen molar-refractivity contribution in [2.75, 3.05) is 0 Å². The molecule has 0 radical (unpaired) electrons. The van der Waals surface area contributed by atoms with Crippen LogP contribution in [0.3, 0.4) is 0 Å². The van der Waals surface area contributed by atoms with Gasteiger partial charge in [-0.3, -0.25) is 0 Å². The Bertz CT molecular complexity index is 2970. The van der Waals surface area contributed by atoms with Crippen LogP contribution in [0.1, 0.15) is 46.2 Å². The van der Waals surface area contributed by atoms with Gasteiger partial charge in [0.2, 0.25) is 0 Å². The highest BCUT2D eigenvalue weighted by Crippen LogP contribution is 2.54. The van der Waals surface area contributed by atoms with Crippen LogP contribution in [0.4, 0.5) is 0 Å². The average Bonchev–Trinajstić information content (AvgIpc) is 3.87. The van der Waals surface area contributed by atoms with Crippen molar-refractivity contribution in [2.45, 2.75) is 18.3 Å². The van der Waals surface area contributed by atoms with E-state index in [4.69, 9.17) is 4.42 Å². The molecule has 2 heteroatoms. The monoisotopic (exact) mass is 694 g/mol. The first kappa shape index (κ1) is 30.4. The van der Waals surface area contributed by atoms with Gasteiger partial charge in [-0.05, 0) is 63.6 Å². The maximum absolute atomic E-state index is 7.28. The molecule has 1 aliphatic carbocycles. The quantitative estimate of drug-likeness (QED) is 0.163. The van der Waals surface area contributed by atoms with Crippen molar-refractivity contribution >= 4 is 53.4 Å². The van der Waals surface area contributed by atoms with Gasteiger partial charge in [-0.1, -0.05) is 170 Å². The van der Waals surface area contributed by atoms with Crippen molar-refractivity contribution < 1.29 is 4.42 Å². The van der Waals surface area contributed by atoms with Crippen LogP contribution in [0.15, 0.2) is 186 Å². The second kappa shape index (κ2) is 11.6. The van der Waals surface area contributed by atoms with Gasteiger partial charge in [-0.25, -0.2) is 0 Å². The van der Waals surface area contributed by atoms with Crippen molar-refractivity contribution in [3.63, 3.8) is 0 Å². The highest BCUT2D eigenvalue weighted by molar-refractivity contribution is 7.25. The molecule has 2 aromatic heterocycles. The lowest BCUT2D eigenvalue weighted by Gasteiger charge is -2.28. The van der Waals surface area contributed by atoms with Crippen LogP contribution in [-0.2, 0) is 5.41 Å². The van der Waals surface area contributed by atoms with Gasteiger partial charge in [-0.15, -0.1) is 11.3 Å². The summed E-state index contributed by atoms with van der Waals surface area (Å²) >= 11 is 1.87. The van der Waals surface area contributed by atoms with E-state index in [1.807, 2.05) is 11.3 Å². The van der Waals surface area contributed by atoms with Gasteiger partial charge in [0.1, 0.15) is 11.2 Å². The lowest BCUT2D eigenvalue weighted by atomic mass is 9.74. The molecule has 0 aliphatic heterocycles. The van der Waals surface area contributed by atoms with E-state index >= 15 is 0 Å². The fraction of sp³-hybridized carbons (Fsp3) is 0.0588. The Kier molecular flexibility index (Phi) is 6.68. The maximum atomic E-state index is 7.28. The summed E-state index contributed by atoms with van der Waals surface area (Å²) in [5.41, 5.74) is 14.1. The largest absolute Gasteiger partial charge is 0.455 e. The van der Waals surface area contributed by atoms with E-state index in [2.05, 4.69) is 189 Å². The SMILES string of the molecule is CC1(c2cccc3c2oc2c(C(c4ccc(-c5ccccc5)cc4)c4ccc5c(c4)sc4ccccc45)cccc23)c2ccccc2-c2ccccc21. The summed E-state index contributed by atoms with van der Waals surface area (Å²) in [6.07, 6.45) is 0. The van der Waals surface area contributed by atoms with Crippen molar-refractivity contribution in [2.24, 2.45) is 0 Å². The van der Waals surface area contributed by atoms with Crippen LogP contribution >= 0.6 is 11.3 Å². The molecule has 1 nitrogen and oxygen atoms in total. The molecular weight excluding hydrogens is 661 g/mol. The van der Waals surface area contributed by atoms with Gasteiger partial charge < -0.3 is 4.42 Å². The molecule has 1 aliphatic rings. The first-order valence-corrected chi connectivity index (χ1v) is 19.2. The topological polar surface area (TPSA) is 13.1 Å². The molecule has 250 valence electrons. The lowest BCUT2D eigenvalue weighted by Crippen LogP contribution is -2.22. The summed E-state index contributed by atoms with van der Waals surface area (Å²) in [5, 5.41) is 4.93. The molecule has 2 heterocycles. The number of hydrogen-bond acceptors (Lipinski definition) is 2. The van der Waals surface area contributed by atoms with Crippen LogP contribution < -0.4 is 0 Å². The Hall–Kier alpha value is -6.22. The van der Waals surface area contributed by atoms with Crippen LogP contribution in [0.2, 0.25) is 0 Å². The standard InChI is InChI=1S/C51H34OS/c1-51(43-21-8-5-15-36(43)37-16-6-9-22-44(37)51)45-23-12-19-41-40-18-11-20-42(49(40)52-50(41)45)48(34-27-25-33(26-28-34)32-13-3-2-4-14-32)35-29-30-39-38-17-7-10-24-46(38)53-47(39)31-35/h2-31,48H,1H3. The zero-order chi connectivity index (χ0) is 35.1. The number of thiophene rings is 1. The Morgan fingerprint density at radius 2 is 1.00 bits per heavy atom. The summed E-state index contributed by atoms with van der Waals surface area (Å²) in [6.45, 7) is 2.37. The molecule has 0 spiro atoms. The molecule has 0 amide bonds. The van der Waals surface area contributed by atoms with Crippen molar-refractivity contribution in [1.29, 1.82) is 0 Å². The molecular formula is C51H34OS. The fourth-order valence-electron chi connectivity index (χ4n) is 9.18. The molecule has 0 saturated carbocycles. The van der Waals surface area contributed by atoms with E-state index in [0.717, 1.165) is 21.9 Å². The molecule has 1 atom stereocenters. The van der Waals surface area contributed by atoms with Gasteiger partial charge in [0.25, 0.3) is 0 Å². The van der Waals surface area contributed by atoms with E-state index in [-0.39, 0.29) is 11.3 Å². The predicted molar refractivity (Wildman–Crippen MR) is 223 cm³/mol. The Morgan fingerprint density at radius 1 is 0.434 bits per heavy atom. The van der Waals surface area contributed by atoms with E-state index in [1.165, 1.54) is 75.8 Å². The third kappa shape index (κ3) is 4.49. The van der Waals surface area contributed by atoms with Crippen molar-refractivity contribution in [3.8, 4) is 22.3 Å². The minimum Gasteiger partial charge on any atom is -0.455 e. The summed E-state index contributed by atoms with van der Waals surface area (Å²) in [5.74, 6) is -0.0364. The zero-order valence-corrected chi connectivity index (χ0v) is 30.0. The van der Waals surface area contributed by atoms with Crippen LogP contribution in [-0.4, -0.2) is 0 Å². The van der Waals surface area contributed by atoms with Crippen LogP contribution in [0.5, 0.6) is 0 Å². The smallest absolute Gasteiger partial charge is 0.139 e. The van der Waals surface area contributed by atoms with Crippen LogP contribution in [0, 0.1) is 0 Å². The predicted octanol–water partition coefficient (Wildman–Crippen LogP) is 14.1. The molecule has 53 heavy (non-hydrogen) atoms. The molecule has 8 aromatic carbocycles. The Morgan fingerprint density at radius 3 is 1.77 bits per heavy atom. The molecule has 1 unspecified atom stereocenters. The number of furan rings is 1. The lowest BCUT2D eigenvalue weighted by molar-refractivity contribution is 0.633. The Balaban J connectivity index is 1.14. The van der Waals surface area contributed by atoms with Gasteiger partial charge in [0, 0.05) is 53.4 Å². The summed E-state index contributed by atoms with van der Waals surface area (Å²) in [6, 6.07) is 66.8. The molecule has 0 N–H and O–H groups in total.